The molecule has 1 aliphatic rings. The summed E-state index contributed by atoms with van der Waals surface area (Å²) in [5, 5.41) is 0. The minimum absolute atomic E-state index is 0.276. The van der Waals surface area contributed by atoms with Crippen molar-refractivity contribution < 1.29 is 4.79 Å². The highest BCUT2D eigenvalue weighted by Gasteiger charge is 2.29. The van der Waals surface area contributed by atoms with Gasteiger partial charge >= 0.3 is 0 Å². The molecule has 1 fully saturated rings. The molecule has 1 heteroatoms. The molecule has 0 N–H and O–H groups in total. The molecule has 15 heavy (non-hydrogen) atoms. The Morgan fingerprint density at radius 3 is 2.73 bits per heavy atom. The van der Waals surface area contributed by atoms with Gasteiger partial charge in [-0.3, -0.25) is 4.79 Å². The van der Waals surface area contributed by atoms with Gasteiger partial charge in [0.25, 0.3) is 0 Å². The molecule has 0 aromatic rings. The van der Waals surface area contributed by atoms with E-state index in [9.17, 15) is 4.79 Å². The lowest BCUT2D eigenvalue weighted by Gasteiger charge is -2.31. The molecule has 0 aromatic carbocycles. The number of Topliss-reactive ketones (excluding diaryl/α,β-unsaturated/α-hetero) is 1. The van der Waals surface area contributed by atoms with E-state index in [-0.39, 0.29) is 5.92 Å². The summed E-state index contributed by atoms with van der Waals surface area (Å²) in [6, 6.07) is 0. The van der Waals surface area contributed by atoms with Crippen molar-refractivity contribution in [2.75, 3.05) is 0 Å². The first-order valence-corrected chi connectivity index (χ1v) is 6.24. The van der Waals surface area contributed by atoms with Crippen molar-refractivity contribution in [1.29, 1.82) is 0 Å². The van der Waals surface area contributed by atoms with E-state index in [4.69, 9.17) is 0 Å². The Hall–Kier alpha value is -0.590. The van der Waals surface area contributed by atoms with Crippen LogP contribution in [0.4, 0.5) is 0 Å². The third kappa shape index (κ3) is 3.48. The molecule has 0 saturated heterocycles. The fraction of sp³-hybridized carbons (Fsp3) is 0.786. The van der Waals surface area contributed by atoms with Crippen LogP contribution in [0, 0.1) is 17.8 Å². The summed E-state index contributed by atoms with van der Waals surface area (Å²) in [5.41, 5.74) is 1.23. The first-order chi connectivity index (χ1) is 7.04. The third-order valence-corrected chi connectivity index (χ3v) is 3.78. The van der Waals surface area contributed by atoms with E-state index in [1.54, 1.807) is 0 Å². The van der Waals surface area contributed by atoms with Gasteiger partial charge in [0, 0.05) is 12.3 Å². The number of rotatable bonds is 4. The zero-order valence-electron chi connectivity index (χ0n) is 10.4. The van der Waals surface area contributed by atoms with Crippen molar-refractivity contribution in [2.24, 2.45) is 17.8 Å². The third-order valence-electron chi connectivity index (χ3n) is 3.78. The second-order valence-electron chi connectivity index (χ2n) is 5.25. The Labute approximate surface area is 93.9 Å². The molecule has 1 rings (SSSR count). The van der Waals surface area contributed by atoms with E-state index >= 15 is 0 Å². The molecular weight excluding hydrogens is 184 g/mol. The lowest BCUT2D eigenvalue weighted by Crippen LogP contribution is -2.27. The molecule has 0 heterocycles. The van der Waals surface area contributed by atoms with Gasteiger partial charge < -0.3 is 0 Å². The maximum atomic E-state index is 11.8. The largest absolute Gasteiger partial charge is 0.299 e. The highest BCUT2D eigenvalue weighted by atomic mass is 16.1. The topological polar surface area (TPSA) is 17.1 Å². The van der Waals surface area contributed by atoms with Crippen LogP contribution in [0.25, 0.3) is 0 Å². The highest BCUT2D eigenvalue weighted by Crippen LogP contribution is 2.34. The Kier molecular flexibility index (Phi) is 4.56. The maximum Gasteiger partial charge on any atom is 0.136 e. The summed E-state index contributed by atoms with van der Waals surface area (Å²) in [4.78, 5) is 11.8. The smallest absolute Gasteiger partial charge is 0.136 e. The van der Waals surface area contributed by atoms with Crippen LogP contribution in [0.5, 0.6) is 0 Å². The van der Waals surface area contributed by atoms with Crippen molar-refractivity contribution in [2.45, 2.75) is 52.9 Å². The predicted molar refractivity (Wildman–Crippen MR) is 64.7 cm³/mol. The van der Waals surface area contributed by atoms with Crippen LogP contribution >= 0.6 is 0 Å². The summed E-state index contributed by atoms with van der Waals surface area (Å²) < 4.78 is 0. The quantitative estimate of drug-likeness (QED) is 0.639. The number of ketones is 1. The van der Waals surface area contributed by atoms with Gasteiger partial charge in [-0.25, -0.2) is 0 Å². The van der Waals surface area contributed by atoms with Crippen molar-refractivity contribution >= 4 is 5.78 Å². The number of allylic oxidation sites excluding steroid dienone is 1. The van der Waals surface area contributed by atoms with Gasteiger partial charge in [-0.1, -0.05) is 32.9 Å². The monoisotopic (exact) mass is 208 g/mol. The van der Waals surface area contributed by atoms with Crippen molar-refractivity contribution in [3.8, 4) is 0 Å². The van der Waals surface area contributed by atoms with E-state index in [0.717, 1.165) is 43.9 Å². The highest BCUT2D eigenvalue weighted by molar-refractivity contribution is 5.82. The van der Waals surface area contributed by atoms with Gasteiger partial charge in [-0.2, -0.15) is 0 Å². The van der Waals surface area contributed by atoms with Gasteiger partial charge in [-0.15, -0.1) is 0 Å². The first kappa shape index (κ1) is 12.5. The second kappa shape index (κ2) is 5.48. The minimum Gasteiger partial charge on any atom is -0.299 e. The van der Waals surface area contributed by atoms with Crippen LogP contribution < -0.4 is 0 Å². The summed E-state index contributed by atoms with van der Waals surface area (Å²) in [6.07, 6.45) is 4.93. The van der Waals surface area contributed by atoms with Gasteiger partial charge in [0.1, 0.15) is 5.78 Å². The lowest BCUT2D eigenvalue weighted by atomic mass is 9.73. The Bertz CT molecular complexity index is 240. The molecule has 1 aliphatic carbocycles. The summed E-state index contributed by atoms with van der Waals surface area (Å²) >= 11 is 0. The molecule has 0 bridgehead atoms. The fourth-order valence-electron chi connectivity index (χ4n) is 2.44. The van der Waals surface area contributed by atoms with Gasteiger partial charge in [-0.05, 0) is 37.5 Å². The zero-order valence-corrected chi connectivity index (χ0v) is 10.4. The van der Waals surface area contributed by atoms with E-state index in [1.165, 1.54) is 5.57 Å². The summed E-state index contributed by atoms with van der Waals surface area (Å²) in [5.74, 6) is 2.22. The first-order valence-electron chi connectivity index (χ1n) is 6.24. The molecular formula is C14H24O. The zero-order chi connectivity index (χ0) is 11.4. The predicted octanol–water partition coefficient (Wildman–Crippen LogP) is 3.98. The fourth-order valence-corrected chi connectivity index (χ4v) is 2.44. The molecule has 2 unspecified atom stereocenters. The van der Waals surface area contributed by atoms with Gasteiger partial charge in [0.05, 0.1) is 0 Å². The van der Waals surface area contributed by atoms with Crippen molar-refractivity contribution in [1.82, 2.24) is 0 Å². The van der Waals surface area contributed by atoms with Crippen LogP contribution in [0.15, 0.2) is 12.2 Å². The maximum absolute atomic E-state index is 11.8. The molecule has 1 saturated carbocycles. The van der Waals surface area contributed by atoms with Crippen molar-refractivity contribution in [3.63, 3.8) is 0 Å². The molecule has 0 aromatic heterocycles. The molecule has 0 amide bonds. The van der Waals surface area contributed by atoms with E-state index in [2.05, 4.69) is 27.4 Å². The van der Waals surface area contributed by atoms with Crippen LogP contribution in [0.3, 0.4) is 0 Å². The standard InChI is InChI=1S/C14H24O/c1-5-11(4)8-13-9-12(10(2)3)6-7-14(13)15/h10,12-13H,4-9H2,1-3H3. The Morgan fingerprint density at radius 2 is 2.20 bits per heavy atom. The van der Waals surface area contributed by atoms with Crippen LogP contribution in [-0.2, 0) is 4.79 Å². The van der Waals surface area contributed by atoms with E-state index in [0.29, 0.717) is 5.78 Å². The van der Waals surface area contributed by atoms with E-state index < -0.39 is 0 Å². The average molecular weight is 208 g/mol. The Morgan fingerprint density at radius 1 is 1.53 bits per heavy atom. The minimum atomic E-state index is 0.276. The summed E-state index contributed by atoms with van der Waals surface area (Å²) in [6.45, 7) is 10.7. The summed E-state index contributed by atoms with van der Waals surface area (Å²) in [7, 11) is 0. The molecule has 1 nitrogen and oxygen atoms in total. The normalized spacial score (nSPS) is 27.1. The lowest BCUT2D eigenvalue weighted by molar-refractivity contribution is -0.125. The number of hydrogen-bond donors (Lipinski definition) is 0. The van der Waals surface area contributed by atoms with Crippen molar-refractivity contribution in [3.05, 3.63) is 12.2 Å². The molecule has 0 spiro atoms. The SMILES string of the molecule is C=C(CC)CC1CC(C(C)C)CCC1=O. The number of carbonyl (C=O) groups excluding carboxylic acids is 1. The number of carbonyl (C=O) groups is 1. The average Bonchev–Trinajstić information content (AvgIpc) is 2.20. The molecule has 0 radical (unpaired) electrons. The molecule has 2 atom stereocenters. The molecule has 86 valence electrons. The Balaban J connectivity index is 2.53. The molecule has 0 aliphatic heterocycles. The number of hydrogen-bond acceptors (Lipinski definition) is 1. The van der Waals surface area contributed by atoms with Gasteiger partial charge in [0.2, 0.25) is 0 Å². The van der Waals surface area contributed by atoms with Crippen LogP contribution in [0.1, 0.15) is 52.9 Å². The van der Waals surface area contributed by atoms with E-state index in [1.807, 2.05) is 0 Å². The van der Waals surface area contributed by atoms with Crippen LogP contribution in [-0.4, -0.2) is 5.78 Å². The second-order valence-corrected chi connectivity index (χ2v) is 5.25. The van der Waals surface area contributed by atoms with Gasteiger partial charge in [0.15, 0.2) is 0 Å². The van der Waals surface area contributed by atoms with Crippen LogP contribution in [0.2, 0.25) is 0 Å².